The summed E-state index contributed by atoms with van der Waals surface area (Å²) in [7, 11) is 0. The van der Waals surface area contributed by atoms with Crippen molar-refractivity contribution in [3.63, 3.8) is 0 Å². The van der Waals surface area contributed by atoms with Gasteiger partial charge in [-0.3, -0.25) is 9.78 Å². The third kappa shape index (κ3) is 2.18. The van der Waals surface area contributed by atoms with Gasteiger partial charge in [-0.25, -0.2) is 14.5 Å². The topological polar surface area (TPSA) is 101 Å². The van der Waals surface area contributed by atoms with Gasteiger partial charge in [-0.15, -0.1) is 0 Å². The van der Waals surface area contributed by atoms with Crippen molar-refractivity contribution in [2.24, 2.45) is 0 Å². The molecule has 8 heteroatoms. The van der Waals surface area contributed by atoms with Crippen LogP contribution >= 0.6 is 22.6 Å². The van der Waals surface area contributed by atoms with Crippen LogP contribution in [0.1, 0.15) is 10.4 Å². The molecule has 0 amide bonds. The van der Waals surface area contributed by atoms with E-state index in [4.69, 9.17) is 5.11 Å². The molecule has 0 atom stereocenters. The molecule has 3 rings (SSSR count). The van der Waals surface area contributed by atoms with E-state index in [0.717, 1.165) is 3.57 Å². The number of fused-ring (bicyclic) bond motifs is 1. The molecule has 0 spiro atoms. The van der Waals surface area contributed by atoms with Crippen LogP contribution in [0.25, 0.3) is 16.9 Å². The van der Waals surface area contributed by atoms with Gasteiger partial charge in [-0.2, -0.15) is 5.10 Å². The number of nitrogens with one attached hydrogen (secondary N) is 1. The van der Waals surface area contributed by atoms with Crippen molar-refractivity contribution in [3.8, 4) is 5.95 Å². The number of benzene rings is 1. The lowest BCUT2D eigenvalue weighted by molar-refractivity contribution is 0.0697. The van der Waals surface area contributed by atoms with Crippen LogP contribution < -0.4 is 5.56 Å². The highest BCUT2D eigenvalue weighted by Gasteiger charge is 2.10. The van der Waals surface area contributed by atoms with Crippen molar-refractivity contribution in [2.75, 3.05) is 0 Å². The molecule has 0 aliphatic rings. The van der Waals surface area contributed by atoms with Gasteiger partial charge in [0.25, 0.3) is 5.56 Å². The zero-order valence-electron chi connectivity index (χ0n) is 9.87. The number of aromatic carboxylic acids is 1. The van der Waals surface area contributed by atoms with Crippen LogP contribution in [0.3, 0.4) is 0 Å². The molecule has 0 aliphatic heterocycles. The minimum atomic E-state index is -1.09. The quantitative estimate of drug-likeness (QED) is 0.653. The molecule has 2 N–H and O–H groups in total. The first kappa shape index (κ1) is 12.8. The van der Waals surface area contributed by atoms with Gasteiger partial charge >= 0.3 is 5.97 Å². The molecule has 0 saturated heterocycles. The zero-order chi connectivity index (χ0) is 14.3. The van der Waals surface area contributed by atoms with Gasteiger partial charge in [-0.05, 0) is 40.8 Å². The smallest absolute Gasteiger partial charge is 0.338 e. The van der Waals surface area contributed by atoms with Gasteiger partial charge in [0.2, 0.25) is 5.95 Å². The lowest BCUT2D eigenvalue weighted by atomic mass is 10.2. The van der Waals surface area contributed by atoms with Crippen LogP contribution in [0.5, 0.6) is 0 Å². The molecule has 0 radical (unpaired) electrons. The number of carbonyl (C=O) groups is 1. The largest absolute Gasteiger partial charge is 0.478 e. The summed E-state index contributed by atoms with van der Waals surface area (Å²) in [6.07, 6.45) is 2.49. The second-order valence-electron chi connectivity index (χ2n) is 4.03. The molecule has 0 aliphatic carbocycles. The van der Waals surface area contributed by atoms with E-state index >= 15 is 0 Å². The summed E-state index contributed by atoms with van der Waals surface area (Å²) in [4.78, 5) is 29.7. The lowest BCUT2D eigenvalue weighted by Crippen LogP contribution is -2.14. The number of carboxylic acids is 1. The summed E-state index contributed by atoms with van der Waals surface area (Å²) in [6, 6.07) is 5.31. The highest BCUT2D eigenvalue weighted by Crippen LogP contribution is 2.13. The first-order chi connectivity index (χ1) is 9.54. The SMILES string of the molecule is O=C(O)c1cnn(-c2nc3ccc(I)cc3c(=O)[nH]2)c1. The summed E-state index contributed by atoms with van der Waals surface area (Å²) in [6.45, 7) is 0. The Balaban J connectivity index is 2.19. The first-order valence-electron chi connectivity index (χ1n) is 5.52. The Morgan fingerprint density at radius 2 is 2.20 bits per heavy atom. The van der Waals surface area contributed by atoms with Crippen molar-refractivity contribution in [2.45, 2.75) is 0 Å². The number of hydrogen-bond donors (Lipinski definition) is 2. The minimum absolute atomic E-state index is 0.0235. The molecule has 7 nitrogen and oxygen atoms in total. The summed E-state index contributed by atoms with van der Waals surface area (Å²) in [5, 5.41) is 13.2. The number of rotatable bonds is 2. The second-order valence-corrected chi connectivity index (χ2v) is 5.28. The summed E-state index contributed by atoms with van der Waals surface area (Å²) >= 11 is 2.11. The van der Waals surface area contributed by atoms with E-state index in [-0.39, 0.29) is 17.1 Å². The van der Waals surface area contributed by atoms with Crippen molar-refractivity contribution < 1.29 is 9.90 Å². The summed E-state index contributed by atoms with van der Waals surface area (Å²) in [5.41, 5.74) is 0.253. The van der Waals surface area contributed by atoms with Gasteiger partial charge in [0, 0.05) is 9.77 Å². The van der Waals surface area contributed by atoms with E-state index in [1.165, 1.54) is 17.1 Å². The molecule has 0 fully saturated rings. The average Bonchev–Trinajstić information content (AvgIpc) is 2.89. The van der Waals surface area contributed by atoms with Crippen molar-refractivity contribution in [1.82, 2.24) is 19.7 Å². The predicted octanol–water partition coefficient (Wildman–Crippen LogP) is 1.41. The lowest BCUT2D eigenvalue weighted by Gasteiger charge is -2.02. The van der Waals surface area contributed by atoms with Gasteiger partial charge < -0.3 is 5.11 Å². The van der Waals surface area contributed by atoms with E-state index in [0.29, 0.717) is 10.9 Å². The van der Waals surface area contributed by atoms with E-state index < -0.39 is 5.97 Å². The number of aromatic nitrogens is 4. The van der Waals surface area contributed by atoms with E-state index in [1.54, 1.807) is 12.1 Å². The molecule has 1 aromatic carbocycles. The Morgan fingerprint density at radius 1 is 1.40 bits per heavy atom. The van der Waals surface area contributed by atoms with Crippen LogP contribution in [-0.2, 0) is 0 Å². The maximum atomic E-state index is 12.0. The molecule has 2 aromatic heterocycles. The Labute approximate surface area is 125 Å². The number of aromatic amines is 1. The molecule has 0 unspecified atom stereocenters. The van der Waals surface area contributed by atoms with Gasteiger partial charge in [-0.1, -0.05) is 0 Å². The second kappa shape index (κ2) is 4.71. The average molecular weight is 382 g/mol. The van der Waals surface area contributed by atoms with Gasteiger partial charge in [0.1, 0.15) is 0 Å². The first-order valence-corrected chi connectivity index (χ1v) is 6.60. The monoisotopic (exact) mass is 382 g/mol. The van der Waals surface area contributed by atoms with Crippen LogP contribution in [0.4, 0.5) is 0 Å². The van der Waals surface area contributed by atoms with Crippen LogP contribution in [0.2, 0.25) is 0 Å². The van der Waals surface area contributed by atoms with E-state index in [1.807, 2.05) is 6.07 Å². The number of nitrogens with zero attached hydrogens (tertiary/aromatic N) is 3. The number of halogens is 1. The fourth-order valence-electron chi connectivity index (χ4n) is 1.76. The molecular formula is C12H7IN4O3. The van der Waals surface area contributed by atoms with Gasteiger partial charge in [0.05, 0.1) is 22.7 Å². The van der Waals surface area contributed by atoms with E-state index in [9.17, 15) is 9.59 Å². The Morgan fingerprint density at radius 3 is 2.90 bits per heavy atom. The fourth-order valence-corrected chi connectivity index (χ4v) is 2.25. The van der Waals surface area contributed by atoms with Crippen molar-refractivity contribution >= 4 is 39.5 Å². The molecule has 0 saturated carbocycles. The summed E-state index contributed by atoms with van der Waals surface area (Å²) < 4.78 is 2.16. The molecule has 3 aromatic rings. The standard InChI is InChI=1S/C12H7IN4O3/c13-7-1-2-9-8(3-7)10(18)16-12(15-9)17-5-6(4-14-17)11(19)20/h1-5H,(H,19,20)(H,15,16,18). The van der Waals surface area contributed by atoms with Gasteiger partial charge in [0.15, 0.2) is 0 Å². The number of hydrogen-bond acceptors (Lipinski definition) is 4. The van der Waals surface area contributed by atoms with Crippen LogP contribution in [0, 0.1) is 3.57 Å². The Kier molecular flexibility index (Phi) is 3.01. The van der Waals surface area contributed by atoms with Crippen LogP contribution in [0.15, 0.2) is 35.4 Å². The molecule has 2 heterocycles. The van der Waals surface area contributed by atoms with Crippen molar-refractivity contribution in [1.29, 1.82) is 0 Å². The Hall–Kier alpha value is -2.23. The normalized spacial score (nSPS) is 10.8. The van der Waals surface area contributed by atoms with Crippen molar-refractivity contribution in [3.05, 3.63) is 50.1 Å². The number of carboxylic acid groups (broad SMARTS) is 1. The zero-order valence-corrected chi connectivity index (χ0v) is 12.0. The third-order valence-electron chi connectivity index (χ3n) is 2.70. The molecular weight excluding hydrogens is 375 g/mol. The molecule has 100 valence electrons. The Bertz CT molecular complexity index is 884. The minimum Gasteiger partial charge on any atom is -0.478 e. The summed E-state index contributed by atoms with van der Waals surface area (Å²) in [5.74, 6) is -0.912. The highest BCUT2D eigenvalue weighted by atomic mass is 127. The van der Waals surface area contributed by atoms with E-state index in [2.05, 4.69) is 37.7 Å². The fraction of sp³-hybridized carbons (Fsp3) is 0. The molecule has 20 heavy (non-hydrogen) atoms. The highest BCUT2D eigenvalue weighted by molar-refractivity contribution is 14.1. The third-order valence-corrected chi connectivity index (χ3v) is 3.37. The predicted molar refractivity (Wildman–Crippen MR) is 79.2 cm³/mol. The number of H-pyrrole nitrogens is 1. The van der Waals surface area contributed by atoms with Crippen LogP contribution in [-0.4, -0.2) is 30.8 Å². The molecule has 0 bridgehead atoms. The maximum absolute atomic E-state index is 12.0. The maximum Gasteiger partial charge on any atom is 0.338 e.